The third kappa shape index (κ3) is 12.3. The third-order valence-corrected chi connectivity index (χ3v) is 19.1. The lowest BCUT2D eigenvalue weighted by Crippen LogP contribution is -2.71. The number of hydrogen-bond acceptors (Lipinski definition) is 7. The first kappa shape index (κ1) is 56.2. The maximum atomic E-state index is 15.2. The monoisotopic (exact) mass is 1040 g/mol. The molecule has 0 aromatic heterocycles. The quantitative estimate of drug-likeness (QED) is 0.0445. The molecule has 410 valence electrons. The molecule has 2 atom stereocenters. The zero-order chi connectivity index (χ0) is 52.9. The minimum Gasteiger partial charge on any atom is -0.479 e. The molecule has 75 heavy (non-hydrogen) atoms. The van der Waals surface area contributed by atoms with Crippen LogP contribution in [0.4, 0.5) is 22.4 Å². The van der Waals surface area contributed by atoms with E-state index in [1.807, 2.05) is 24.3 Å². The van der Waals surface area contributed by atoms with Gasteiger partial charge in [-0.05, 0) is 123 Å². The van der Waals surface area contributed by atoms with Crippen molar-refractivity contribution >= 4 is 23.7 Å². The molecule has 0 spiro atoms. The van der Waals surface area contributed by atoms with E-state index in [1.165, 1.54) is 148 Å². The van der Waals surface area contributed by atoms with E-state index < -0.39 is 77.0 Å². The summed E-state index contributed by atoms with van der Waals surface area (Å²) in [5.41, 5.74) is 5.60. The molecule has 0 bridgehead atoms. The number of alkyl carbamates (subject to hydrolysis) is 1. The molecule has 8 rings (SSSR count). The van der Waals surface area contributed by atoms with E-state index in [1.54, 1.807) is 36.4 Å². The van der Waals surface area contributed by atoms with Gasteiger partial charge in [0.2, 0.25) is 17.5 Å². The molecular weight excluding hydrogens is 961 g/mol. The number of Topliss-reactive ketones (excluding diaryl/α,β-unsaturated/α-hetero) is 1. The van der Waals surface area contributed by atoms with Gasteiger partial charge in [-0.3, -0.25) is 14.4 Å². The van der Waals surface area contributed by atoms with E-state index in [-0.39, 0.29) is 35.8 Å². The Kier molecular flexibility index (Phi) is 19.4. The number of ketones is 1. The van der Waals surface area contributed by atoms with Crippen molar-refractivity contribution in [2.24, 2.45) is 27.9 Å². The molecule has 3 aromatic rings. The van der Waals surface area contributed by atoms with E-state index in [2.05, 4.69) is 16.0 Å². The molecule has 0 radical (unpaired) electrons. The largest absolute Gasteiger partial charge is 0.479 e. The summed E-state index contributed by atoms with van der Waals surface area (Å²) in [6.45, 7) is -0.442. The smallest absolute Gasteiger partial charge is 0.408 e. The molecule has 0 unspecified atom stereocenters. The summed E-state index contributed by atoms with van der Waals surface area (Å²) in [4.78, 5) is 53.6. The molecule has 0 saturated heterocycles. The topological polar surface area (TPSA) is 149 Å². The lowest BCUT2D eigenvalue weighted by molar-refractivity contribution is -0.218. The molecule has 5 aliphatic carbocycles. The van der Waals surface area contributed by atoms with Crippen molar-refractivity contribution in [1.29, 1.82) is 0 Å². The fourth-order valence-electron chi connectivity index (χ4n) is 15.8. The maximum Gasteiger partial charge on any atom is 0.408 e. The van der Waals surface area contributed by atoms with Crippen LogP contribution in [0.3, 0.4) is 0 Å². The summed E-state index contributed by atoms with van der Waals surface area (Å²) in [5, 5.41) is 9.86. The summed E-state index contributed by atoms with van der Waals surface area (Å²) >= 11 is 0. The van der Waals surface area contributed by atoms with Crippen LogP contribution in [-0.4, -0.2) is 54.5 Å². The fourth-order valence-corrected chi connectivity index (χ4v) is 15.8. The highest BCUT2D eigenvalue weighted by Gasteiger charge is 2.69. The number of amides is 3. The van der Waals surface area contributed by atoms with Crippen LogP contribution in [0.15, 0.2) is 60.7 Å². The highest BCUT2D eigenvalue weighted by molar-refractivity contribution is 5.94. The van der Waals surface area contributed by atoms with Crippen molar-refractivity contribution < 1.29 is 46.2 Å². The second kappa shape index (κ2) is 25.9. The van der Waals surface area contributed by atoms with E-state index in [0.29, 0.717) is 30.4 Å². The summed E-state index contributed by atoms with van der Waals surface area (Å²) in [6, 6.07) is 15.5. The van der Waals surface area contributed by atoms with Crippen molar-refractivity contribution in [3.8, 4) is 5.75 Å². The maximum absolute atomic E-state index is 15.2. The Bertz CT molecular complexity index is 2350. The normalized spacial score (nSPS) is 21.2. The number of ether oxygens (including phenoxy) is 2. The van der Waals surface area contributed by atoms with Gasteiger partial charge in [-0.15, -0.1) is 0 Å². The Balaban J connectivity index is 1.04. The van der Waals surface area contributed by atoms with Gasteiger partial charge in [-0.2, -0.15) is 8.78 Å². The molecule has 5 fully saturated rings. The molecule has 5 saturated carbocycles. The van der Waals surface area contributed by atoms with Gasteiger partial charge >= 0.3 is 6.09 Å². The highest BCUT2D eigenvalue weighted by atomic mass is 19.2. The number of rotatable bonds is 22. The molecular formula is C61H82F4N4O6. The zero-order valence-corrected chi connectivity index (χ0v) is 44.2. The SMILES string of the molecule is NC(=O)c1c(F)c(F)c(OCC(=O)[C@H](CCCCNC2(C3(C4(C5(C6CCCCC6)CCCCC5)CCCCC4)CCCCC3)CCCCC2)NC(=O)[C@H](Cc2ccccc2)NC(=O)OCc2ccccc2)c(F)c1F. The van der Waals surface area contributed by atoms with E-state index >= 15 is 8.78 Å². The summed E-state index contributed by atoms with van der Waals surface area (Å²) in [6.07, 6.45) is 32.9. The second-order valence-corrected chi connectivity index (χ2v) is 23.0. The lowest BCUT2D eigenvalue weighted by atomic mass is 9.33. The number of primary amides is 1. The van der Waals surface area contributed by atoms with Crippen molar-refractivity contribution in [2.45, 2.75) is 210 Å². The second-order valence-electron chi connectivity index (χ2n) is 23.0. The zero-order valence-electron chi connectivity index (χ0n) is 44.2. The summed E-state index contributed by atoms with van der Waals surface area (Å²) in [7, 11) is 0. The fraction of sp³-hybridized carbons (Fsp3) is 0.639. The first-order chi connectivity index (χ1) is 36.4. The molecule has 5 N–H and O–H groups in total. The van der Waals surface area contributed by atoms with Crippen LogP contribution in [0.2, 0.25) is 0 Å². The number of nitrogens with two attached hydrogens (primary N) is 1. The predicted molar refractivity (Wildman–Crippen MR) is 282 cm³/mol. The van der Waals surface area contributed by atoms with Crippen molar-refractivity contribution in [3.05, 3.63) is 101 Å². The van der Waals surface area contributed by atoms with E-state index in [4.69, 9.17) is 15.2 Å². The molecule has 14 heteroatoms. The van der Waals surface area contributed by atoms with E-state index in [0.717, 1.165) is 24.3 Å². The van der Waals surface area contributed by atoms with Gasteiger partial charge in [-0.25, -0.2) is 13.6 Å². The third-order valence-electron chi connectivity index (χ3n) is 19.1. The molecule has 0 aliphatic heterocycles. The van der Waals surface area contributed by atoms with Gasteiger partial charge in [0.15, 0.2) is 23.2 Å². The first-order valence-corrected chi connectivity index (χ1v) is 28.7. The highest BCUT2D eigenvalue weighted by Crippen LogP contribution is 2.75. The standard InChI is InChI=1S/C61H82F4N4O6/c62-50-49(55(66)71)51(63)53(65)54(52(50)64)74-42-48(70)46(68-56(72)47(40-43-24-8-1-9-25-43)69-57(73)75-41-44-26-10-2-11-27-44)30-14-23-39-67-61(37-21-7-22-38-61)60(35-19-6-20-36-60)59(33-17-5-18-34-59)58(31-15-4-16-32-58)45-28-12-3-13-29-45/h1-2,8-11,24-27,45-47,67H,3-7,12-23,28-42H2,(H2,66,71)(H,68,72)(H,69,73)/t46-,47-/m0/s1. The van der Waals surface area contributed by atoms with Crippen molar-refractivity contribution in [3.63, 3.8) is 0 Å². The van der Waals surface area contributed by atoms with Gasteiger partial charge in [0.25, 0.3) is 5.91 Å². The van der Waals surface area contributed by atoms with Gasteiger partial charge < -0.3 is 31.2 Å². The van der Waals surface area contributed by atoms with Crippen LogP contribution >= 0.6 is 0 Å². The van der Waals surface area contributed by atoms with E-state index in [9.17, 15) is 28.0 Å². The van der Waals surface area contributed by atoms with Gasteiger partial charge in [0.1, 0.15) is 24.8 Å². The number of benzene rings is 3. The van der Waals surface area contributed by atoms with Crippen LogP contribution in [0.5, 0.6) is 5.75 Å². The Morgan fingerprint density at radius 1 is 0.587 bits per heavy atom. The number of carbonyl (C=O) groups excluding carboxylic acids is 4. The predicted octanol–water partition coefficient (Wildman–Crippen LogP) is 13.2. The average Bonchev–Trinajstić information content (AvgIpc) is 3.48. The van der Waals surface area contributed by atoms with Crippen molar-refractivity contribution in [1.82, 2.24) is 16.0 Å². The molecule has 10 nitrogen and oxygen atoms in total. The summed E-state index contributed by atoms with van der Waals surface area (Å²) in [5.74, 6) is -12.2. The Labute approximate surface area is 442 Å². The number of halogens is 4. The first-order valence-electron chi connectivity index (χ1n) is 28.7. The Morgan fingerprint density at radius 3 is 1.68 bits per heavy atom. The van der Waals surface area contributed by atoms with Crippen LogP contribution in [0, 0.1) is 45.4 Å². The minimum absolute atomic E-state index is 0.0307. The number of carbonyl (C=O) groups is 4. The van der Waals surface area contributed by atoms with Gasteiger partial charge in [0.05, 0.1) is 6.04 Å². The number of nitrogens with one attached hydrogen (secondary N) is 3. The number of unbranched alkanes of at least 4 members (excludes halogenated alkanes) is 1. The number of hydrogen-bond donors (Lipinski definition) is 4. The average molecular weight is 1040 g/mol. The van der Waals surface area contributed by atoms with Crippen LogP contribution < -0.4 is 26.4 Å². The summed E-state index contributed by atoms with van der Waals surface area (Å²) < 4.78 is 70.7. The molecule has 3 aromatic carbocycles. The Morgan fingerprint density at radius 2 is 1.11 bits per heavy atom. The van der Waals surface area contributed by atoms with Gasteiger partial charge in [0, 0.05) is 12.0 Å². The van der Waals surface area contributed by atoms with Crippen LogP contribution in [0.25, 0.3) is 0 Å². The Hall–Kier alpha value is -4.98. The molecule has 0 heterocycles. The molecule has 5 aliphatic rings. The lowest BCUT2D eigenvalue weighted by Gasteiger charge is -2.72. The molecule has 3 amide bonds. The van der Waals surface area contributed by atoms with Crippen molar-refractivity contribution in [2.75, 3.05) is 13.2 Å². The van der Waals surface area contributed by atoms with Gasteiger partial charge in [-0.1, -0.05) is 157 Å². The minimum atomic E-state index is -2.06. The van der Waals surface area contributed by atoms with Crippen LogP contribution in [-0.2, 0) is 27.4 Å². The van der Waals surface area contributed by atoms with Crippen LogP contribution in [0.1, 0.15) is 201 Å².